The highest BCUT2D eigenvalue weighted by atomic mass is 16.5. The van der Waals surface area contributed by atoms with Crippen molar-refractivity contribution in [3.63, 3.8) is 0 Å². The van der Waals surface area contributed by atoms with Crippen LogP contribution in [0.1, 0.15) is 16.7 Å². The molecule has 5 heteroatoms. The Morgan fingerprint density at radius 3 is 2.21 bits per heavy atom. The summed E-state index contributed by atoms with van der Waals surface area (Å²) in [6.07, 6.45) is 0. The largest absolute Gasteiger partial charge is 0.480 e. The second-order valence-corrected chi connectivity index (χ2v) is 5.09. The lowest BCUT2D eigenvalue weighted by Gasteiger charge is -2.35. The summed E-state index contributed by atoms with van der Waals surface area (Å²) in [6.45, 7) is 5.68. The van der Waals surface area contributed by atoms with Crippen LogP contribution in [0.2, 0.25) is 0 Å². The average Bonchev–Trinajstić information content (AvgIpc) is 2.23. The number of hydrogen-bond donors (Lipinski definition) is 2. The van der Waals surface area contributed by atoms with Gasteiger partial charge in [-0.05, 0) is 43.5 Å². The van der Waals surface area contributed by atoms with Crippen molar-refractivity contribution in [2.75, 3.05) is 18.5 Å². The first-order valence-corrected chi connectivity index (χ1v) is 6.07. The molecule has 0 atom stereocenters. The van der Waals surface area contributed by atoms with Crippen molar-refractivity contribution < 1.29 is 19.4 Å². The minimum absolute atomic E-state index is 0.0714. The number of carbonyl (C=O) groups is 2. The van der Waals surface area contributed by atoms with E-state index in [4.69, 9.17) is 9.84 Å². The van der Waals surface area contributed by atoms with Gasteiger partial charge in [-0.25, -0.2) is 0 Å². The smallest absolute Gasteiger partial charge is 0.324 e. The lowest BCUT2D eigenvalue weighted by molar-refractivity contribution is -0.182. The van der Waals surface area contributed by atoms with Gasteiger partial charge in [-0.3, -0.25) is 9.59 Å². The highest BCUT2D eigenvalue weighted by molar-refractivity contribution is 6.09. The maximum atomic E-state index is 12.1. The van der Waals surface area contributed by atoms with Gasteiger partial charge in [-0.15, -0.1) is 0 Å². The Balaban J connectivity index is 2.24. The van der Waals surface area contributed by atoms with Gasteiger partial charge in [0, 0.05) is 5.69 Å². The topological polar surface area (TPSA) is 75.6 Å². The number of aliphatic carboxylic acids is 1. The molecule has 1 aromatic rings. The number of ether oxygens (including phenoxy) is 1. The fraction of sp³-hybridized carbons (Fsp3) is 0.429. The fourth-order valence-corrected chi connectivity index (χ4v) is 2.00. The number of carboxylic acids is 1. The SMILES string of the molecule is Cc1cc(C)c(NC(=O)C2(C(=O)O)COC2)cc1C. The first-order valence-electron chi connectivity index (χ1n) is 6.07. The zero-order valence-corrected chi connectivity index (χ0v) is 11.2. The van der Waals surface area contributed by atoms with Crippen LogP contribution in [0, 0.1) is 26.2 Å². The van der Waals surface area contributed by atoms with E-state index in [2.05, 4.69) is 5.32 Å². The molecule has 1 amide bonds. The second-order valence-electron chi connectivity index (χ2n) is 5.09. The van der Waals surface area contributed by atoms with Crippen molar-refractivity contribution in [1.29, 1.82) is 0 Å². The van der Waals surface area contributed by atoms with Gasteiger partial charge in [0.25, 0.3) is 0 Å². The van der Waals surface area contributed by atoms with Crippen molar-refractivity contribution in [2.24, 2.45) is 5.41 Å². The minimum Gasteiger partial charge on any atom is -0.480 e. The molecule has 0 bridgehead atoms. The second kappa shape index (κ2) is 4.66. The predicted molar refractivity (Wildman–Crippen MR) is 70.2 cm³/mol. The molecule has 0 unspecified atom stereocenters. The first-order chi connectivity index (χ1) is 8.86. The molecule has 1 heterocycles. The number of amides is 1. The summed E-state index contributed by atoms with van der Waals surface area (Å²) in [5.41, 5.74) is 2.31. The highest BCUT2D eigenvalue weighted by Crippen LogP contribution is 2.30. The molecule has 1 fully saturated rings. The van der Waals surface area contributed by atoms with Crippen molar-refractivity contribution >= 4 is 17.6 Å². The molecule has 0 saturated carbocycles. The Bertz CT molecular complexity index is 547. The molecule has 0 spiro atoms. The maximum Gasteiger partial charge on any atom is 0.324 e. The monoisotopic (exact) mass is 263 g/mol. The number of rotatable bonds is 3. The molecule has 0 radical (unpaired) electrons. The third kappa shape index (κ3) is 2.21. The van der Waals surface area contributed by atoms with Gasteiger partial charge in [0.2, 0.25) is 5.91 Å². The summed E-state index contributed by atoms with van der Waals surface area (Å²) < 4.78 is 4.89. The van der Waals surface area contributed by atoms with E-state index in [-0.39, 0.29) is 13.2 Å². The molecule has 2 N–H and O–H groups in total. The van der Waals surface area contributed by atoms with Gasteiger partial charge in [0.15, 0.2) is 5.41 Å². The lowest BCUT2D eigenvalue weighted by atomic mass is 9.85. The molecule has 5 nitrogen and oxygen atoms in total. The summed E-state index contributed by atoms with van der Waals surface area (Å²) in [5, 5.41) is 11.9. The van der Waals surface area contributed by atoms with Crippen LogP contribution in [-0.4, -0.2) is 30.2 Å². The van der Waals surface area contributed by atoms with Crippen LogP contribution in [0.3, 0.4) is 0 Å². The molecule has 0 aliphatic carbocycles. The van der Waals surface area contributed by atoms with E-state index >= 15 is 0 Å². The molecule has 1 aliphatic heterocycles. The summed E-state index contributed by atoms with van der Waals surface area (Å²) in [7, 11) is 0. The zero-order valence-electron chi connectivity index (χ0n) is 11.2. The summed E-state index contributed by atoms with van der Waals surface area (Å²) in [6, 6.07) is 3.83. The predicted octanol–water partition coefficient (Wildman–Crippen LogP) is 1.65. The van der Waals surface area contributed by atoms with Gasteiger partial charge in [-0.2, -0.15) is 0 Å². The molecule has 1 aromatic carbocycles. The van der Waals surface area contributed by atoms with Gasteiger partial charge < -0.3 is 15.2 Å². The summed E-state index contributed by atoms with van der Waals surface area (Å²) >= 11 is 0. The van der Waals surface area contributed by atoms with Gasteiger partial charge in [-0.1, -0.05) is 6.07 Å². The Hall–Kier alpha value is -1.88. The summed E-state index contributed by atoms with van der Waals surface area (Å²) in [5.74, 6) is -1.66. The molecule has 1 saturated heterocycles. The number of carbonyl (C=O) groups excluding carboxylic acids is 1. The van der Waals surface area contributed by atoms with Crippen molar-refractivity contribution in [1.82, 2.24) is 0 Å². The Kier molecular flexibility index (Phi) is 3.32. The van der Waals surface area contributed by atoms with Gasteiger partial charge in [0.05, 0.1) is 13.2 Å². The maximum absolute atomic E-state index is 12.1. The van der Waals surface area contributed by atoms with Crippen LogP contribution < -0.4 is 5.32 Å². The number of aryl methyl sites for hydroxylation is 3. The van der Waals surface area contributed by atoms with Crippen molar-refractivity contribution in [3.8, 4) is 0 Å². The third-order valence-electron chi connectivity index (χ3n) is 3.63. The zero-order chi connectivity index (χ0) is 14.2. The molecule has 102 valence electrons. The van der Waals surface area contributed by atoms with Crippen molar-refractivity contribution in [2.45, 2.75) is 20.8 Å². The minimum atomic E-state index is -1.44. The summed E-state index contributed by atoms with van der Waals surface area (Å²) in [4.78, 5) is 23.3. The van der Waals surface area contributed by atoms with Gasteiger partial charge in [0.1, 0.15) is 0 Å². The van der Waals surface area contributed by atoms with Crippen molar-refractivity contribution in [3.05, 3.63) is 28.8 Å². The highest BCUT2D eigenvalue weighted by Gasteiger charge is 2.53. The van der Waals surface area contributed by atoms with Crippen LogP contribution in [0.25, 0.3) is 0 Å². The van der Waals surface area contributed by atoms with Crippen LogP contribution in [0.15, 0.2) is 12.1 Å². The number of benzene rings is 1. The lowest BCUT2D eigenvalue weighted by Crippen LogP contribution is -2.57. The molecular weight excluding hydrogens is 246 g/mol. The van der Waals surface area contributed by atoms with E-state index in [0.717, 1.165) is 16.7 Å². The number of hydrogen-bond acceptors (Lipinski definition) is 3. The quantitative estimate of drug-likeness (QED) is 0.813. The van der Waals surface area contributed by atoms with Crippen LogP contribution in [0.5, 0.6) is 0 Å². The number of anilines is 1. The van der Waals surface area contributed by atoms with E-state index in [9.17, 15) is 9.59 Å². The Morgan fingerprint density at radius 2 is 1.74 bits per heavy atom. The average molecular weight is 263 g/mol. The number of carboxylic acid groups (broad SMARTS) is 1. The first kappa shape index (κ1) is 13.5. The molecular formula is C14H17NO4. The van der Waals surface area contributed by atoms with Gasteiger partial charge >= 0.3 is 5.97 Å². The van der Waals surface area contributed by atoms with Crippen LogP contribution in [0.4, 0.5) is 5.69 Å². The molecule has 2 rings (SSSR count). The van der Waals surface area contributed by atoms with E-state index in [0.29, 0.717) is 5.69 Å². The van der Waals surface area contributed by atoms with E-state index in [1.54, 1.807) is 0 Å². The molecule has 19 heavy (non-hydrogen) atoms. The third-order valence-corrected chi connectivity index (χ3v) is 3.63. The Morgan fingerprint density at radius 1 is 1.16 bits per heavy atom. The van der Waals surface area contributed by atoms with E-state index in [1.165, 1.54) is 0 Å². The standard InChI is InChI=1S/C14H17NO4/c1-8-4-10(3)11(5-9(8)2)15-12(16)14(13(17)18)6-19-7-14/h4-5H,6-7H2,1-3H3,(H,15,16)(H,17,18). The van der Waals surface area contributed by atoms with Crippen LogP contribution >= 0.6 is 0 Å². The Labute approximate surface area is 111 Å². The van der Waals surface area contributed by atoms with E-state index in [1.807, 2.05) is 32.9 Å². The normalized spacial score (nSPS) is 16.6. The van der Waals surface area contributed by atoms with Crippen LogP contribution in [-0.2, 0) is 14.3 Å². The fourth-order valence-electron chi connectivity index (χ4n) is 2.00. The molecule has 1 aliphatic rings. The van der Waals surface area contributed by atoms with E-state index < -0.39 is 17.3 Å². The molecule has 0 aromatic heterocycles. The number of nitrogens with one attached hydrogen (secondary N) is 1.